The standard InChI is InChI=1S/C10H20N2O4S/c11-10(5-3-1-2-4-6-10)8-12-17(15,16)7-9(13)14/h12H,1-8,11H2,(H,13,14). The van der Waals surface area contributed by atoms with Gasteiger partial charge in [0, 0.05) is 12.1 Å². The van der Waals surface area contributed by atoms with Gasteiger partial charge in [0.2, 0.25) is 10.0 Å². The van der Waals surface area contributed by atoms with Crippen LogP contribution in [0.15, 0.2) is 0 Å². The minimum Gasteiger partial charge on any atom is -0.480 e. The summed E-state index contributed by atoms with van der Waals surface area (Å²) in [6, 6.07) is 0. The molecule has 0 aliphatic heterocycles. The normalized spacial score (nSPS) is 20.8. The van der Waals surface area contributed by atoms with Gasteiger partial charge in [0.1, 0.15) is 0 Å². The molecular formula is C10H20N2O4S. The van der Waals surface area contributed by atoms with Crippen molar-refractivity contribution in [1.29, 1.82) is 0 Å². The van der Waals surface area contributed by atoms with Gasteiger partial charge in [-0.05, 0) is 12.8 Å². The molecule has 6 nitrogen and oxygen atoms in total. The highest BCUT2D eigenvalue weighted by atomic mass is 32.2. The molecule has 1 saturated carbocycles. The van der Waals surface area contributed by atoms with Crippen molar-refractivity contribution in [2.24, 2.45) is 5.73 Å². The fourth-order valence-electron chi connectivity index (χ4n) is 2.08. The highest BCUT2D eigenvalue weighted by Crippen LogP contribution is 2.24. The fourth-order valence-corrected chi connectivity index (χ4v) is 3.01. The van der Waals surface area contributed by atoms with Crippen molar-refractivity contribution in [3.05, 3.63) is 0 Å². The minimum atomic E-state index is -3.76. The lowest BCUT2D eigenvalue weighted by atomic mass is 9.92. The molecule has 1 aliphatic carbocycles. The molecule has 0 aromatic carbocycles. The predicted octanol–water partition coefficient (Wildman–Crippen LogP) is 0.0421. The molecule has 1 aliphatic rings. The Morgan fingerprint density at radius 1 is 1.24 bits per heavy atom. The highest BCUT2D eigenvalue weighted by molar-refractivity contribution is 7.90. The van der Waals surface area contributed by atoms with Gasteiger partial charge in [0.15, 0.2) is 5.75 Å². The SMILES string of the molecule is NC1(CNS(=O)(=O)CC(=O)O)CCCCCC1. The van der Waals surface area contributed by atoms with E-state index in [9.17, 15) is 13.2 Å². The summed E-state index contributed by atoms with van der Waals surface area (Å²) in [7, 11) is -3.76. The topological polar surface area (TPSA) is 109 Å². The average molecular weight is 264 g/mol. The summed E-state index contributed by atoms with van der Waals surface area (Å²) in [5, 5.41) is 8.44. The van der Waals surface area contributed by atoms with Crippen LogP contribution in [0.1, 0.15) is 38.5 Å². The van der Waals surface area contributed by atoms with Gasteiger partial charge in [-0.2, -0.15) is 0 Å². The second kappa shape index (κ2) is 5.79. The van der Waals surface area contributed by atoms with Gasteiger partial charge >= 0.3 is 5.97 Å². The maximum Gasteiger partial charge on any atom is 0.320 e. The predicted molar refractivity (Wildman–Crippen MR) is 64.0 cm³/mol. The number of hydrogen-bond acceptors (Lipinski definition) is 4. The van der Waals surface area contributed by atoms with Crippen LogP contribution in [0.3, 0.4) is 0 Å². The zero-order valence-electron chi connectivity index (χ0n) is 9.81. The van der Waals surface area contributed by atoms with Crippen molar-refractivity contribution < 1.29 is 18.3 Å². The number of aliphatic carboxylic acids is 1. The Bertz CT molecular complexity index is 359. The number of hydrogen-bond donors (Lipinski definition) is 3. The molecule has 4 N–H and O–H groups in total. The van der Waals surface area contributed by atoms with E-state index in [0.29, 0.717) is 0 Å². The molecule has 0 aromatic heterocycles. The number of carboxylic acids is 1. The van der Waals surface area contributed by atoms with Gasteiger partial charge in [-0.15, -0.1) is 0 Å². The lowest BCUT2D eigenvalue weighted by Crippen LogP contribution is -2.50. The third-order valence-electron chi connectivity index (χ3n) is 3.06. The summed E-state index contributed by atoms with van der Waals surface area (Å²) in [6.07, 6.45) is 5.81. The summed E-state index contributed by atoms with van der Waals surface area (Å²) in [6.45, 7) is 0.128. The molecule has 0 amide bonds. The first-order chi connectivity index (χ1) is 7.83. The van der Waals surface area contributed by atoms with E-state index in [-0.39, 0.29) is 6.54 Å². The first-order valence-corrected chi connectivity index (χ1v) is 7.46. The van der Waals surface area contributed by atoms with Gasteiger partial charge in [-0.1, -0.05) is 25.7 Å². The summed E-state index contributed by atoms with van der Waals surface area (Å²) >= 11 is 0. The molecule has 17 heavy (non-hydrogen) atoms. The molecule has 0 heterocycles. The summed E-state index contributed by atoms with van der Waals surface area (Å²) in [5.74, 6) is -2.26. The van der Waals surface area contributed by atoms with Crippen LogP contribution in [0.5, 0.6) is 0 Å². The molecule has 0 saturated heterocycles. The summed E-state index contributed by atoms with van der Waals surface area (Å²) in [5.41, 5.74) is 5.60. The minimum absolute atomic E-state index is 0.128. The van der Waals surface area contributed by atoms with Gasteiger partial charge < -0.3 is 10.8 Å². The van der Waals surface area contributed by atoms with Crippen LogP contribution >= 0.6 is 0 Å². The van der Waals surface area contributed by atoms with E-state index < -0.39 is 27.3 Å². The molecule has 1 fully saturated rings. The number of carboxylic acid groups (broad SMARTS) is 1. The van der Waals surface area contributed by atoms with Crippen molar-refractivity contribution in [1.82, 2.24) is 4.72 Å². The monoisotopic (exact) mass is 264 g/mol. The zero-order valence-corrected chi connectivity index (χ0v) is 10.6. The van der Waals surface area contributed by atoms with Gasteiger partial charge in [-0.25, -0.2) is 13.1 Å². The van der Waals surface area contributed by atoms with Crippen molar-refractivity contribution in [2.45, 2.75) is 44.1 Å². The Kier molecular flexibility index (Phi) is 4.91. The van der Waals surface area contributed by atoms with E-state index in [1.165, 1.54) is 0 Å². The Balaban J connectivity index is 2.50. The number of nitrogens with one attached hydrogen (secondary N) is 1. The van der Waals surface area contributed by atoms with Gasteiger partial charge in [0.05, 0.1) is 0 Å². The zero-order chi connectivity index (χ0) is 12.9. The molecule has 0 unspecified atom stereocenters. The molecule has 0 radical (unpaired) electrons. The number of carbonyl (C=O) groups is 1. The average Bonchev–Trinajstić information content (AvgIpc) is 2.39. The Morgan fingerprint density at radius 2 is 1.76 bits per heavy atom. The van der Waals surface area contributed by atoms with E-state index in [1.54, 1.807) is 0 Å². The largest absolute Gasteiger partial charge is 0.480 e. The Morgan fingerprint density at radius 3 is 2.24 bits per heavy atom. The summed E-state index contributed by atoms with van der Waals surface area (Å²) in [4.78, 5) is 10.4. The number of nitrogens with two attached hydrogens (primary N) is 1. The van der Waals surface area contributed by atoms with Crippen LogP contribution in [0.4, 0.5) is 0 Å². The molecule has 0 bridgehead atoms. The maximum absolute atomic E-state index is 11.4. The third kappa shape index (κ3) is 5.47. The van der Waals surface area contributed by atoms with E-state index in [1.807, 2.05) is 0 Å². The first-order valence-electron chi connectivity index (χ1n) is 5.81. The van der Waals surface area contributed by atoms with E-state index in [4.69, 9.17) is 10.8 Å². The van der Waals surface area contributed by atoms with Crippen molar-refractivity contribution in [3.8, 4) is 0 Å². The second-order valence-corrected chi connectivity index (χ2v) is 6.56. The van der Waals surface area contributed by atoms with E-state index in [2.05, 4.69) is 4.72 Å². The van der Waals surface area contributed by atoms with Crippen LogP contribution in [0, 0.1) is 0 Å². The highest BCUT2D eigenvalue weighted by Gasteiger charge is 2.28. The molecular weight excluding hydrogens is 244 g/mol. The van der Waals surface area contributed by atoms with Crippen molar-refractivity contribution >= 4 is 16.0 Å². The van der Waals surface area contributed by atoms with Crippen LogP contribution in [0.25, 0.3) is 0 Å². The van der Waals surface area contributed by atoms with Crippen LogP contribution < -0.4 is 10.5 Å². The molecule has 0 aromatic rings. The molecule has 1 rings (SSSR count). The Labute approximate surface area is 102 Å². The van der Waals surface area contributed by atoms with Crippen molar-refractivity contribution in [2.75, 3.05) is 12.3 Å². The first kappa shape index (κ1) is 14.4. The van der Waals surface area contributed by atoms with Crippen LogP contribution in [-0.2, 0) is 14.8 Å². The van der Waals surface area contributed by atoms with Gasteiger partial charge in [-0.3, -0.25) is 4.79 Å². The second-order valence-electron chi connectivity index (χ2n) is 4.75. The molecule has 100 valence electrons. The number of sulfonamides is 1. The molecule has 7 heteroatoms. The van der Waals surface area contributed by atoms with Crippen LogP contribution in [0.2, 0.25) is 0 Å². The lowest BCUT2D eigenvalue weighted by molar-refractivity contribution is -0.134. The van der Waals surface area contributed by atoms with E-state index >= 15 is 0 Å². The maximum atomic E-state index is 11.4. The lowest BCUT2D eigenvalue weighted by Gasteiger charge is -2.28. The molecule has 0 spiro atoms. The van der Waals surface area contributed by atoms with Crippen LogP contribution in [-0.4, -0.2) is 37.3 Å². The van der Waals surface area contributed by atoms with Crippen molar-refractivity contribution in [3.63, 3.8) is 0 Å². The third-order valence-corrected chi connectivity index (χ3v) is 4.27. The van der Waals surface area contributed by atoms with Gasteiger partial charge in [0.25, 0.3) is 0 Å². The fraction of sp³-hybridized carbons (Fsp3) is 0.900. The summed E-state index contributed by atoms with van der Waals surface area (Å²) < 4.78 is 25.0. The quantitative estimate of drug-likeness (QED) is 0.607. The smallest absolute Gasteiger partial charge is 0.320 e. The van der Waals surface area contributed by atoms with E-state index in [0.717, 1.165) is 38.5 Å². The Hall–Kier alpha value is -0.660. The number of rotatable bonds is 5. The molecule has 0 atom stereocenters.